The molecular formula is C39H37N9O4S. The Balaban J connectivity index is 0.967. The number of hydrogen-bond acceptors (Lipinski definition) is 12. The van der Waals surface area contributed by atoms with Crippen molar-refractivity contribution in [3.63, 3.8) is 0 Å². The van der Waals surface area contributed by atoms with E-state index in [1.165, 1.54) is 23.8 Å². The topological polar surface area (TPSA) is 161 Å². The molecule has 5 heterocycles. The molecule has 53 heavy (non-hydrogen) atoms. The van der Waals surface area contributed by atoms with Crippen LogP contribution in [0.4, 0.5) is 11.5 Å². The van der Waals surface area contributed by atoms with Crippen LogP contribution in [0, 0.1) is 18.3 Å². The molecule has 2 aliphatic heterocycles. The van der Waals surface area contributed by atoms with Crippen molar-refractivity contribution in [1.29, 1.82) is 5.26 Å². The normalized spacial score (nSPS) is 14.6. The number of benzene rings is 3. The molecule has 8 rings (SSSR count). The van der Waals surface area contributed by atoms with Crippen LogP contribution >= 0.6 is 11.8 Å². The van der Waals surface area contributed by atoms with E-state index in [0.717, 1.165) is 58.7 Å². The number of piperazine rings is 1. The van der Waals surface area contributed by atoms with Gasteiger partial charge in [0.25, 0.3) is 5.91 Å². The molecule has 0 saturated carbocycles. The summed E-state index contributed by atoms with van der Waals surface area (Å²) in [6.07, 6.45) is 3.57. The summed E-state index contributed by atoms with van der Waals surface area (Å²) in [6, 6.07) is 22.1. The molecule has 6 aromatic rings. The molecule has 14 heteroatoms. The van der Waals surface area contributed by atoms with Crippen LogP contribution in [0.3, 0.4) is 0 Å². The molecule has 0 bridgehead atoms. The predicted octanol–water partition coefficient (Wildman–Crippen LogP) is 5.88. The first-order chi connectivity index (χ1) is 25.8. The van der Waals surface area contributed by atoms with Gasteiger partial charge in [-0.2, -0.15) is 5.26 Å². The molecule has 1 saturated heterocycles. The quantitative estimate of drug-likeness (QED) is 0.0982. The van der Waals surface area contributed by atoms with E-state index in [1.54, 1.807) is 6.08 Å². The van der Waals surface area contributed by atoms with E-state index >= 15 is 0 Å². The van der Waals surface area contributed by atoms with Gasteiger partial charge in [0.15, 0.2) is 33.6 Å². The minimum Gasteiger partial charge on any atom is -0.461 e. The van der Waals surface area contributed by atoms with E-state index < -0.39 is 5.91 Å². The Morgan fingerprint density at radius 2 is 1.81 bits per heavy atom. The Bertz CT molecular complexity index is 2420. The fourth-order valence-electron chi connectivity index (χ4n) is 6.54. The highest BCUT2D eigenvalue weighted by molar-refractivity contribution is 7.99. The minimum atomic E-state index is -0.437. The smallest absolute Gasteiger partial charge is 0.261 e. The summed E-state index contributed by atoms with van der Waals surface area (Å²) < 4.78 is 19.3. The third-order valence-electron chi connectivity index (χ3n) is 9.44. The number of hydrogen-bond donors (Lipinski definition) is 2. The molecular weight excluding hydrogens is 691 g/mol. The lowest BCUT2D eigenvalue weighted by atomic mass is 10.0. The summed E-state index contributed by atoms with van der Waals surface area (Å²) in [6.45, 7) is 6.89. The van der Waals surface area contributed by atoms with Crippen LogP contribution < -0.4 is 25.4 Å². The van der Waals surface area contributed by atoms with Gasteiger partial charge >= 0.3 is 0 Å². The van der Waals surface area contributed by atoms with Crippen molar-refractivity contribution in [2.75, 3.05) is 57.2 Å². The van der Waals surface area contributed by atoms with E-state index in [9.17, 15) is 10.1 Å². The number of imidazole rings is 1. The van der Waals surface area contributed by atoms with Crippen LogP contribution in [0.2, 0.25) is 0 Å². The number of aryl methyl sites for hydroxylation is 2. The summed E-state index contributed by atoms with van der Waals surface area (Å²) in [7, 11) is 2.15. The van der Waals surface area contributed by atoms with Gasteiger partial charge in [0.05, 0.1) is 0 Å². The van der Waals surface area contributed by atoms with Crippen molar-refractivity contribution >= 4 is 57.2 Å². The van der Waals surface area contributed by atoms with Crippen LogP contribution in [-0.2, 0) is 11.3 Å². The van der Waals surface area contributed by atoms with E-state index in [2.05, 4.69) is 56.4 Å². The second-order valence-electron chi connectivity index (χ2n) is 13.1. The first-order valence-electron chi connectivity index (χ1n) is 17.4. The monoisotopic (exact) mass is 727 g/mol. The lowest BCUT2D eigenvalue weighted by Gasteiger charge is -2.34. The number of ether oxygens (including phenoxy) is 2. The molecule has 0 radical (unpaired) electrons. The van der Waals surface area contributed by atoms with Gasteiger partial charge in [-0.05, 0) is 85.3 Å². The van der Waals surface area contributed by atoms with Gasteiger partial charge in [0.1, 0.15) is 29.5 Å². The Kier molecular flexibility index (Phi) is 9.34. The average molecular weight is 728 g/mol. The van der Waals surface area contributed by atoms with Crippen LogP contribution in [0.1, 0.15) is 17.7 Å². The largest absolute Gasteiger partial charge is 0.461 e. The third-order valence-corrected chi connectivity index (χ3v) is 10.5. The number of carbonyl (C=O) groups excluding carboxylic acids is 1. The second-order valence-corrected chi connectivity index (χ2v) is 14.1. The number of furan rings is 1. The maximum atomic E-state index is 13.2. The number of aromatic nitrogens is 4. The van der Waals surface area contributed by atoms with Crippen LogP contribution in [0.15, 0.2) is 87.0 Å². The summed E-state index contributed by atoms with van der Waals surface area (Å²) in [5.74, 6) is 2.57. The van der Waals surface area contributed by atoms with Gasteiger partial charge in [-0.3, -0.25) is 4.79 Å². The molecule has 1 fully saturated rings. The van der Waals surface area contributed by atoms with E-state index in [1.807, 2.05) is 54.0 Å². The highest BCUT2D eigenvalue weighted by Gasteiger charge is 2.24. The zero-order chi connectivity index (χ0) is 36.5. The number of anilines is 2. The Labute approximate surface area is 310 Å². The lowest BCUT2D eigenvalue weighted by Crippen LogP contribution is -2.44. The highest BCUT2D eigenvalue weighted by Crippen LogP contribution is 2.45. The maximum Gasteiger partial charge on any atom is 0.261 e. The lowest BCUT2D eigenvalue weighted by molar-refractivity contribution is -0.117. The fraction of sp³-hybridized carbons (Fsp3) is 0.256. The standard InChI is InChI=1S/C39H37N9O4S/c1-24-4-9-31(52-24)30-19-32-33(51-23-50-32)20-34(30)53-39-45-35-36(41)43-22-44-37(35)48(39)11-3-10-42-38(49)28(21-40)17-25-5-6-27-18-29(8-7-26(27)16-25)47-14-12-46(2)13-15-47/h4-9,16-20,22H,3,10-15,23H2,1-2H3,(H,42,49)(H2,41,43,44). The van der Waals surface area contributed by atoms with E-state index in [-0.39, 0.29) is 18.2 Å². The Hall–Kier alpha value is -6.04. The van der Waals surface area contributed by atoms with Crippen LogP contribution in [0.5, 0.6) is 11.5 Å². The molecule has 3 aromatic carbocycles. The van der Waals surface area contributed by atoms with E-state index in [4.69, 9.17) is 24.6 Å². The van der Waals surface area contributed by atoms with Gasteiger partial charge in [0, 0.05) is 55.4 Å². The number of fused-ring (bicyclic) bond motifs is 3. The van der Waals surface area contributed by atoms with Crippen molar-refractivity contribution < 1.29 is 18.7 Å². The number of likely N-dealkylation sites (N-methyl/N-ethyl adjacent to an activating group) is 1. The SMILES string of the molecule is Cc1ccc(-c2cc3c(cc2Sc2nc4c(N)ncnc4n2CCCNC(=O)C(C#N)=Cc2ccc4cc(N5CCN(C)CC5)ccc4c2)OCO3)o1. The third kappa shape index (κ3) is 7.09. The van der Waals surface area contributed by atoms with Gasteiger partial charge in [-0.15, -0.1) is 0 Å². The fourth-order valence-corrected chi connectivity index (χ4v) is 7.60. The van der Waals surface area contributed by atoms with Gasteiger partial charge in [0.2, 0.25) is 6.79 Å². The predicted molar refractivity (Wildman–Crippen MR) is 204 cm³/mol. The van der Waals surface area contributed by atoms with Gasteiger partial charge in [-0.25, -0.2) is 15.0 Å². The molecule has 2 aliphatic rings. The number of nitriles is 1. The summed E-state index contributed by atoms with van der Waals surface area (Å²) in [4.78, 5) is 32.2. The van der Waals surface area contributed by atoms with Crippen molar-refractivity contribution in [2.45, 2.75) is 29.9 Å². The zero-order valence-electron chi connectivity index (χ0n) is 29.3. The van der Waals surface area contributed by atoms with Crippen molar-refractivity contribution in [2.24, 2.45) is 0 Å². The molecule has 0 spiro atoms. The summed E-state index contributed by atoms with van der Waals surface area (Å²) in [5, 5.41) is 15.6. The number of rotatable bonds is 10. The van der Waals surface area contributed by atoms with Crippen molar-refractivity contribution in [3.05, 3.63) is 83.9 Å². The number of nitrogens with zero attached hydrogens (tertiary/aromatic N) is 7. The number of nitrogens with two attached hydrogens (primary N) is 1. The highest BCUT2D eigenvalue weighted by atomic mass is 32.2. The van der Waals surface area contributed by atoms with Crippen LogP contribution in [0.25, 0.3) is 39.3 Å². The molecule has 0 unspecified atom stereocenters. The first kappa shape index (κ1) is 34.1. The van der Waals surface area contributed by atoms with Crippen molar-refractivity contribution in [1.82, 2.24) is 29.7 Å². The van der Waals surface area contributed by atoms with Crippen molar-refractivity contribution in [3.8, 4) is 28.9 Å². The number of nitrogens with one attached hydrogen (secondary N) is 1. The molecule has 3 aromatic heterocycles. The second kappa shape index (κ2) is 14.5. The summed E-state index contributed by atoms with van der Waals surface area (Å²) >= 11 is 1.42. The Morgan fingerprint density at radius 1 is 1.02 bits per heavy atom. The molecule has 0 aliphatic carbocycles. The first-order valence-corrected chi connectivity index (χ1v) is 18.2. The number of carbonyl (C=O) groups is 1. The van der Waals surface area contributed by atoms with Gasteiger partial charge < -0.3 is 39.3 Å². The van der Waals surface area contributed by atoms with E-state index in [0.29, 0.717) is 53.1 Å². The average Bonchev–Trinajstić information content (AvgIpc) is 3.91. The molecule has 13 nitrogen and oxygen atoms in total. The minimum absolute atomic E-state index is 0.0340. The van der Waals surface area contributed by atoms with Crippen LogP contribution in [-0.4, -0.2) is 76.9 Å². The Morgan fingerprint density at radius 3 is 2.60 bits per heavy atom. The maximum absolute atomic E-state index is 13.2. The molecule has 0 atom stereocenters. The van der Waals surface area contributed by atoms with Gasteiger partial charge in [-0.1, -0.05) is 30.0 Å². The molecule has 268 valence electrons. The molecule has 3 N–H and O–H groups in total. The number of amides is 1. The summed E-state index contributed by atoms with van der Waals surface area (Å²) in [5.41, 5.74) is 10.1. The zero-order valence-corrected chi connectivity index (χ0v) is 30.2. The number of nitrogen functional groups attached to an aromatic ring is 1. The molecule has 1 amide bonds.